The van der Waals surface area contributed by atoms with Gasteiger partial charge in [-0.15, -0.1) is 0 Å². The minimum Gasteiger partial charge on any atom is -0.481 e. The maximum absolute atomic E-state index is 12.7. The Hall–Kier alpha value is -1.47. The first-order valence-corrected chi connectivity index (χ1v) is 7.98. The van der Waals surface area contributed by atoms with Crippen LogP contribution in [0.5, 0.6) is 0 Å². The molecule has 0 unspecified atom stereocenters. The van der Waals surface area contributed by atoms with Crippen molar-refractivity contribution in [1.82, 2.24) is 4.72 Å². The van der Waals surface area contributed by atoms with Gasteiger partial charge >= 0.3 is 5.97 Å². The van der Waals surface area contributed by atoms with Crippen LogP contribution in [0.2, 0.25) is 0 Å². The Kier molecular flexibility index (Phi) is 4.39. The van der Waals surface area contributed by atoms with Gasteiger partial charge in [0.1, 0.15) is 5.82 Å². The molecule has 1 saturated carbocycles. The van der Waals surface area contributed by atoms with Crippen LogP contribution in [0, 0.1) is 11.7 Å². The van der Waals surface area contributed by atoms with Crippen LogP contribution in [0.15, 0.2) is 24.3 Å². The Morgan fingerprint density at radius 2 is 1.95 bits per heavy atom. The molecule has 0 aromatic heterocycles. The molecule has 2 rings (SSSR count). The zero-order valence-electron chi connectivity index (χ0n) is 10.8. The molecule has 2 N–H and O–H groups in total. The summed E-state index contributed by atoms with van der Waals surface area (Å²) in [5, 5.41) is 8.88. The van der Waals surface area contributed by atoms with Crippen LogP contribution >= 0.6 is 0 Å². The van der Waals surface area contributed by atoms with E-state index in [1.807, 2.05) is 0 Å². The van der Waals surface area contributed by atoms with Gasteiger partial charge in [-0.1, -0.05) is 12.1 Å². The summed E-state index contributed by atoms with van der Waals surface area (Å²) in [6.45, 7) is 0. The van der Waals surface area contributed by atoms with Crippen molar-refractivity contribution in [3.63, 3.8) is 0 Å². The molecule has 0 bridgehead atoms. The van der Waals surface area contributed by atoms with Crippen LogP contribution in [0.1, 0.15) is 24.8 Å². The minimum absolute atomic E-state index is 0.235. The fourth-order valence-electron chi connectivity index (χ4n) is 2.41. The van der Waals surface area contributed by atoms with Gasteiger partial charge in [0.2, 0.25) is 10.0 Å². The Bertz CT molecular complexity index is 585. The van der Waals surface area contributed by atoms with Crippen molar-refractivity contribution in [3.05, 3.63) is 35.6 Å². The Balaban J connectivity index is 1.95. The van der Waals surface area contributed by atoms with E-state index in [4.69, 9.17) is 5.11 Å². The van der Waals surface area contributed by atoms with E-state index < -0.39 is 27.7 Å². The summed E-state index contributed by atoms with van der Waals surface area (Å²) in [6.07, 6.45) is 1.33. The van der Waals surface area contributed by atoms with E-state index >= 15 is 0 Å². The Morgan fingerprint density at radius 1 is 1.30 bits per heavy atom. The SMILES string of the molecule is O=C(O)[C@@H]1CC[C@H](NS(=O)(=O)Cc2ccc(F)cc2)C1. The maximum atomic E-state index is 12.7. The highest BCUT2D eigenvalue weighted by molar-refractivity contribution is 7.88. The lowest BCUT2D eigenvalue weighted by Crippen LogP contribution is -2.34. The average molecular weight is 301 g/mol. The average Bonchev–Trinajstić information content (AvgIpc) is 2.79. The summed E-state index contributed by atoms with van der Waals surface area (Å²) >= 11 is 0. The highest BCUT2D eigenvalue weighted by Gasteiger charge is 2.31. The Morgan fingerprint density at radius 3 is 2.50 bits per heavy atom. The summed E-state index contributed by atoms with van der Waals surface area (Å²) in [4.78, 5) is 10.8. The van der Waals surface area contributed by atoms with Gasteiger partial charge in [-0.3, -0.25) is 4.79 Å². The zero-order valence-corrected chi connectivity index (χ0v) is 11.6. The van der Waals surface area contributed by atoms with Crippen LogP contribution in [0.4, 0.5) is 4.39 Å². The number of rotatable bonds is 5. The number of carboxylic acid groups (broad SMARTS) is 1. The van der Waals surface area contributed by atoms with Crippen LogP contribution in [0.3, 0.4) is 0 Å². The van der Waals surface area contributed by atoms with E-state index in [0.717, 1.165) is 0 Å². The van der Waals surface area contributed by atoms with Crippen LogP contribution in [-0.4, -0.2) is 25.5 Å². The molecule has 110 valence electrons. The number of nitrogens with one attached hydrogen (secondary N) is 1. The summed E-state index contributed by atoms with van der Waals surface area (Å²) in [7, 11) is -3.55. The van der Waals surface area contributed by atoms with Crippen molar-refractivity contribution >= 4 is 16.0 Å². The van der Waals surface area contributed by atoms with E-state index in [1.165, 1.54) is 24.3 Å². The lowest BCUT2D eigenvalue weighted by Gasteiger charge is -2.13. The van der Waals surface area contributed by atoms with E-state index in [-0.39, 0.29) is 11.8 Å². The van der Waals surface area contributed by atoms with Crippen LogP contribution in [-0.2, 0) is 20.6 Å². The molecule has 0 spiro atoms. The molecule has 2 atom stereocenters. The van der Waals surface area contributed by atoms with Crippen molar-refractivity contribution < 1.29 is 22.7 Å². The molecular weight excluding hydrogens is 285 g/mol. The molecule has 0 heterocycles. The molecule has 20 heavy (non-hydrogen) atoms. The quantitative estimate of drug-likeness (QED) is 0.863. The lowest BCUT2D eigenvalue weighted by molar-refractivity contribution is -0.141. The van der Waals surface area contributed by atoms with Gasteiger partial charge in [0.15, 0.2) is 0 Å². The number of carbonyl (C=O) groups is 1. The molecule has 1 aliphatic rings. The molecule has 1 fully saturated rings. The number of hydrogen-bond donors (Lipinski definition) is 2. The van der Waals surface area contributed by atoms with Crippen molar-refractivity contribution in [3.8, 4) is 0 Å². The van der Waals surface area contributed by atoms with Crippen molar-refractivity contribution in [2.75, 3.05) is 0 Å². The number of aliphatic carboxylic acids is 1. The van der Waals surface area contributed by atoms with Gasteiger partial charge in [-0.05, 0) is 37.0 Å². The van der Waals surface area contributed by atoms with Gasteiger partial charge in [-0.25, -0.2) is 17.5 Å². The molecule has 0 saturated heterocycles. The first-order valence-electron chi connectivity index (χ1n) is 6.33. The molecule has 0 radical (unpaired) electrons. The third-order valence-electron chi connectivity index (χ3n) is 3.40. The Labute approximate surface area is 116 Å². The lowest BCUT2D eigenvalue weighted by atomic mass is 10.1. The minimum atomic E-state index is -3.55. The van der Waals surface area contributed by atoms with Gasteiger partial charge in [0.05, 0.1) is 11.7 Å². The summed E-state index contributed by atoms with van der Waals surface area (Å²) in [5.41, 5.74) is 0.492. The first-order chi connectivity index (χ1) is 9.35. The fourth-order valence-corrected chi connectivity index (χ4v) is 3.85. The number of carboxylic acids is 1. The van der Waals surface area contributed by atoms with Crippen LogP contribution < -0.4 is 4.72 Å². The topological polar surface area (TPSA) is 83.5 Å². The predicted octanol–water partition coefficient (Wildman–Crippen LogP) is 1.50. The van der Waals surface area contributed by atoms with Gasteiger partial charge < -0.3 is 5.11 Å². The third-order valence-corrected chi connectivity index (χ3v) is 4.80. The standard InChI is InChI=1S/C13H16FNO4S/c14-11-4-1-9(2-5-11)8-20(18,19)15-12-6-3-10(7-12)13(16)17/h1-2,4-5,10,12,15H,3,6-8H2,(H,16,17)/t10-,12+/m1/s1. The van der Waals surface area contributed by atoms with Gasteiger partial charge in [0.25, 0.3) is 0 Å². The summed E-state index contributed by atoms with van der Waals surface area (Å²) in [5.74, 6) is -2.01. The second kappa shape index (κ2) is 5.88. The molecule has 1 aliphatic carbocycles. The molecule has 1 aromatic carbocycles. The highest BCUT2D eigenvalue weighted by Crippen LogP contribution is 2.26. The van der Waals surface area contributed by atoms with E-state index in [1.54, 1.807) is 0 Å². The third kappa shape index (κ3) is 4.01. The molecule has 0 amide bonds. The highest BCUT2D eigenvalue weighted by atomic mass is 32.2. The van der Waals surface area contributed by atoms with Crippen molar-refractivity contribution in [1.29, 1.82) is 0 Å². The monoisotopic (exact) mass is 301 g/mol. The smallest absolute Gasteiger partial charge is 0.306 e. The number of sulfonamides is 1. The second-order valence-corrected chi connectivity index (χ2v) is 6.80. The molecule has 7 heteroatoms. The zero-order chi connectivity index (χ0) is 14.8. The van der Waals surface area contributed by atoms with E-state index in [9.17, 15) is 17.6 Å². The molecule has 0 aliphatic heterocycles. The molecule has 5 nitrogen and oxygen atoms in total. The van der Waals surface area contributed by atoms with Gasteiger partial charge in [0, 0.05) is 6.04 Å². The number of benzene rings is 1. The predicted molar refractivity (Wildman–Crippen MR) is 70.9 cm³/mol. The van der Waals surface area contributed by atoms with Crippen molar-refractivity contribution in [2.24, 2.45) is 5.92 Å². The summed E-state index contributed by atoms with van der Waals surface area (Å²) < 4.78 is 39.2. The van der Waals surface area contributed by atoms with E-state index in [2.05, 4.69) is 4.72 Å². The largest absolute Gasteiger partial charge is 0.481 e. The van der Waals surface area contributed by atoms with Gasteiger partial charge in [-0.2, -0.15) is 0 Å². The van der Waals surface area contributed by atoms with Crippen molar-refractivity contribution in [2.45, 2.75) is 31.1 Å². The number of halogens is 1. The maximum Gasteiger partial charge on any atom is 0.306 e. The fraction of sp³-hybridized carbons (Fsp3) is 0.462. The first kappa shape index (κ1) is 14.9. The summed E-state index contributed by atoms with van der Waals surface area (Å²) in [6, 6.07) is 4.93. The molecular formula is C13H16FNO4S. The normalized spacial score (nSPS) is 22.9. The molecule has 1 aromatic rings. The second-order valence-electron chi connectivity index (χ2n) is 5.05. The van der Waals surface area contributed by atoms with E-state index in [0.29, 0.717) is 24.8 Å². The van der Waals surface area contributed by atoms with Crippen LogP contribution in [0.25, 0.3) is 0 Å². The number of hydrogen-bond acceptors (Lipinski definition) is 3.